The summed E-state index contributed by atoms with van der Waals surface area (Å²) >= 11 is 0. The highest BCUT2D eigenvalue weighted by Crippen LogP contribution is 2.29. The van der Waals surface area contributed by atoms with Crippen molar-refractivity contribution in [1.29, 1.82) is 0 Å². The summed E-state index contributed by atoms with van der Waals surface area (Å²) in [4.78, 5) is 4.21. The maximum absolute atomic E-state index is 5.24. The second kappa shape index (κ2) is 7.88. The zero-order chi connectivity index (χ0) is 14.1. The van der Waals surface area contributed by atoms with Crippen LogP contribution in [0.5, 0.6) is 11.5 Å². The molecule has 0 unspecified atom stereocenters. The van der Waals surface area contributed by atoms with Crippen molar-refractivity contribution in [2.45, 2.75) is 6.92 Å². The molecule has 0 aliphatic heterocycles. The normalized spacial score (nSPS) is 10.5. The lowest BCUT2D eigenvalue weighted by atomic mass is 10.3. The average molecular weight is 261 g/mol. The second-order valence-electron chi connectivity index (χ2n) is 3.59. The monoisotopic (exact) mass is 261 g/mol. The molecule has 0 heterocycles. The first-order valence-electron chi connectivity index (χ1n) is 5.96. The van der Waals surface area contributed by atoms with E-state index in [1.807, 2.05) is 25.1 Å². The Bertz CT molecular complexity index is 478. The van der Waals surface area contributed by atoms with Gasteiger partial charge in [0.25, 0.3) is 0 Å². The number of methoxy groups -OCH3 is 2. The first-order chi connectivity index (χ1) is 9.24. The highest BCUT2D eigenvalue weighted by molar-refractivity contribution is 5.94. The van der Waals surface area contributed by atoms with Crippen molar-refractivity contribution in [2.75, 3.05) is 32.6 Å². The van der Waals surface area contributed by atoms with E-state index in [4.69, 9.17) is 15.9 Å². The SMILES string of the molecule is C#CCN=C(NCC)Nc1ccc(OC)c(OC)c1. The van der Waals surface area contributed by atoms with Gasteiger partial charge in [-0.15, -0.1) is 6.42 Å². The largest absolute Gasteiger partial charge is 0.493 e. The van der Waals surface area contributed by atoms with E-state index in [1.165, 1.54) is 0 Å². The number of guanidine groups is 1. The number of hydrogen-bond acceptors (Lipinski definition) is 3. The van der Waals surface area contributed by atoms with Crippen LogP contribution >= 0.6 is 0 Å². The third kappa shape index (κ3) is 4.43. The van der Waals surface area contributed by atoms with Crippen LogP contribution in [0.4, 0.5) is 5.69 Å². The minimum absolute atomic E-state index is 0.322. The fraction of sp³-hybridized carbons (Fsp3) is 0.357. The van der Waals surface area contributed by atoms with Gasteiger partial charge in [-0.3, -0.25) is 0 Å². The fourth-order valence-electron chi connectivity index (χ4n) is 1.48. The molecule has 0 saturated carbocycles. The Kier molecular flexibility index (Phi) is 6.10. The van der Waals surface area contributed by atoms with E-state index in [9.17, 15) is 0 Å². The van der Waals surface area contributed by atoms with E-state index < -0.39 is 0 Å². The molecular weight excluding hydrogens is 242 g/mol. The van der Waals surface area contributed by atoms with Gasteiger partial charge in [0, 0.05) is 18.3 Å². The van der Waals surface area contributed by atoms with Crippen LogP contribution in [0, 0.1) is 12.3 Å². The molecule has 5 heteroatoms. The van der Waals surface area contributed by atoms with Crippen molar-refractivity contribution in [1.82, 2.24) is 5.32 Å². The lowest BCUT2D eigenvalue weighted by molar-refractivity contribution is 0.355. The molecule has 0 aliphatic rings. The predicted octanol–water partition coefficient (Wildman–Crippen LogP) is 1.71. The van der Waals surface area contributed by atoms with Crippen molar-refractivity contribution < 1.29 is 9.47 Å². The standard InChI is InChI=1S/C14H19N3O2/c1-5-9-16-14(15-6-2)17-11-7-8-12(18-3)13(10-11)19-4/h1,7-8,10H,6,9H2,2-4H3,(H2,15,16,17). The number of nitrogens with zero attached hydrogens (tertiary/aromatic N) is 1. The molecular formula is C14H19N3O2. The molecule has 2 N–H and O–H groups in total. The topological polar surface area (TPSA) is 54.9 Å². The van der Waals surface area contributed by atoms with Crippen LogP contribution in [0.3, 0.4) is 0 Å². The maximum Gasteiger partial charge on any atom is 0.196 e. The Morgan fingerprint density at radius 3 is 2.63 bits per heavy atom. The highest BCUT2D eigenvalue weighted by Gasteiger charge is 2.05. The van der Waals surface area contributed by atoms with Gasteiger partial charge in [0.05, 0.1) is 14.2 Å². The van der Waals surface area contributed by atoms with E-state index in [0.29, 0.717) is 24.0 Å². The zero-order valence-corrected chi connectivity index (χ0v) is 11.5. The second-order valence-corrected chi connectivity index (χ2v) is 3.59. The summed E-state index contributed by atoms with van der Waals surface area (Å²) < 4.78 is 10.4. The Hall–Kier alpha value is -2.35. The molecule has 0 spiro atoms. The molecule has 1 rings (SSSR count). The third-order valence-corrected chi connectivity index (χ3v) is 2.32. The summed E-state index contributed by atoms with van der Waals surface area (Å²) in [5.74, 6) is 4.44. The molecule has 0 saturated heterocycles. The number of aliphatic imine (C=N–C) groups is 1. The molecule has 0 fully saturated rings. The molecule has 0 atom stereocenters. The Balaban J connectivity index is 2.88. The van der Waals surface area contributed by atoms with Crippen LogP contribution in [-0.2, 0) is 0 Å². The Labute approximate surface area is 114 Å². The van der Waals surface area contributed by atoms with Gasteiger partial charge in [-0.05, 0) is 19.1 Å². The van der Waals surface area contributed by atoms with Crippen LogP contribution < -0.4 is 20.1 Å². The average Bonchev–Trinajstić information content (AvgIpc) is 2.44. The van der Waals surface area contributed by atoms with Crippen LogP contribution in [0.25, 0.3) is 0 Å². The van der Waals surface area contributed by atoms with Gasteiger partial charge in [-0.2, -0.15) is 0 Å². The predicted molar refractivity (Wildman–Crippen MR) is 78.0 cm³/mol. The van der Waals surface area contributed by atoms with Crippen molar-refractivity contribution in [2.24, 2.45) is 4.99 Å². The van der Waals surface area contributed by atoms with Gasteiger partial charge in [0.2, 0.25) is 0 Å². The number of nitrogens with one attached hydrogen (secondary N) is 2. The number of anilines is 1. The van der Waals surface area contributed by atoms with Gasteiger partial charge in [0.1, 0.15) is 6.54 Å². The lowest BCUT2D eigenvalue weighted by Gasteiger charge is -2.13. The molecule has 0 amide bonds. The molecule has 0 bridgehead atoms. The molecule has 19 heavy (non-hydrogen) atoms. The molecule has 1 aromatic carbocycles. The van der Waals surface area contributed by atoms with E-state index in [1.54, 1.807) is 14.2 Å². The summed E-state index contributed by atoms with van der Waals surface area (Å²) in [6, 6.07) is 5.54. The third-order valence-electron chi connectivity index (χ3n) is 2.32. The van der Waals surface area contributed by atoms with Crippen molar-refractivity contribution in [3.8, 4) is 23.8 Å². The number of hydrogen-bond donors (Lipinski definition) is 2. The summed E-state index contributed by atoms with van der Waals surface area (Å²) in [5.41, 5.74) is 0.842. The Morgan fingerprint density at radius 1 is 1.32 bits per heavy atom. The number of ether oxygens (including phenoxy) is 2. The first kappa shape index (κ1) is 14.7. The van der Waals surface area contributed by atoms with E-state index in [0.717, 1.165) is 12.2 Å². The van der Waals surface area contributed by atoms with Gasteiger partial charge in [-0.1, -0.05) is 5.92 Å². The smallest absolute Gasteiger partial charge is 0.196 e. The minimum Gasteiger partial charge on any atom is -0.493 e. The van der Waals surface area contributed by atoms with E-state index >= 15 is 0 Å². The lowest BCUT2D eigenvalue weighted by Crippen LogP contribution is -2.30. The van der Waals surface area contributed by atoms with Gasteiger partial charge in [0.15, 0.2) is 17.5 Å². The quantitative estimate of drug-likeness (QED) is 0.481. The van der Waals surface area contributed by atoms with Crippen LogP contribution in [0.2, 0.25) is 0 Å². The van der Waals surface area contributed by atoms with Crippen LogP contribution in [-0.4, -0.2) is 33.3 Å². The number of terminal acetylenes is 1. The molecule has 5 nitrogen and oxygen atoms in total. The minimum atomic E-state index is 0.322. The summed E-state index contributed by atoms with van der Waals surface area (Å²) in [6.07, 6.45) is 5.20. The summed E-state index contributed by atoms with van der Waals surface area (Å²) in [6.45, 7) is 3.06. The maximum atomic E-state index is 5.24. The van der Waals surface area contributed by atoms with E-state index in [2.05, 4.69) is 21.5 Å². The molecule has 102 valence electrons. The van der Waals surface area contributed by atoms with Crippen LogP contribution in [0.1, 0.15) is 6.92 Å². The van der Waals surface area contributed by atoms with E-state index in [-0.39, 0.29) is 0 Å². The van der Waals surface area contributed by atoms with Crippen molar-refractivity contribution >= 4 is 11.6 Å². The summed E-state index contributed by atoms with van der Waals surface area (Å²) in [7, 11) is 3.20. The highest BCUT2D eigenvalue weighted by atomic mass is 16.5. The first-order valence-corrected chi connectivity index (χ1v) is 5.96. The molecule has 0 radical (unpaired) electrons. The van der Waals surface area contributed by atoms with Crippen LogP contribution in [0.15, 0.2) is 23.2 Å². The molecule has 0 aliphatic carbocycles. The van der Waals surface area contributed by atoms with Gasteiger partial charge in [-0.25, -0.2) is 4.99 Å². The fourth-order valence-corrected chi connectivity index (χ4v) is 1.48. The zero-order valence-electron chi connectivity index (χ0n) is 11.5. The number of benzene rings is 1. The Morgan fingerprint density at radius 2 is 2.05 bits per heavy atom. The van der Waals surface area contributed by atoms with Gasteiger partial charge >= 0.3 is 0 Å². The van der Waals surface area contributed by atoms with Crippen molar-refractivity contribution in [3.05, 3.63) is 18.2 Å². The molecule has 0 aromatic heterocycles. The number of rotatable bonds is 5. The molecule has 1 aromatic rings. The van der Waals surface area contributed by atoms with Gasteiger partial charge < -0.3 is 20.1 Å². The summed E-state index contributed by atoms with van der Waals surface area (Å²) in [5, 5.41) is 6.25. The van der Waals surface area contributed by atoms with Crippen molar-refractivity contribution in [3.63, 3.8) is 0 Å².